The first-order valence-electron chi connectivity index (χ1n) is 10.5. The van der Waals surface area contributed by atoms with Crippen molar-refractivity contribution in [3.05, 3.63) is 59.3 Å². The first-order chi connectivity index (χ1) is 15.4. The Hall–Kier alpha value is -2.82. The number of hydrogen-bond donors (Lipinski definition) is 1. The molecule has 0 atom stereocenters. The zero-order valence-corrected chi connectivity index (χ0v) is 19.7. The van der Waals surface area contributed by atoms with Crippen molar-refractivity contribution < 1.29 is 9.53 Å². The third-order valence-electron chi connectivity index (χ3n) is 5.40. The van der Waals surface area contributed by atoms with Gasteiger partial charge in [-0.1, -0.05) is 6.07 Å². The van der Waals surface area contributed by atoms with Gasteiger partial charge >= 0.3 is 0 Å². The Morgan fingerprint density at radius 1 is 1.28 bits per heavy atom. The maximum atomic E-state index is 13.0. The van der Waals surface area contributed by atoms with Crippen molar-refractivity contribution in [1.29, 1.82) is 0 Å². The van der Waals surface area contributed by atoms with Crippen LogP contribution in [0.3, 0.4) is 0 Å². The smallest absolute Gasteiger partial charge is 0.268 e. The van der Waals surface area contributed by atoms with Crippen molar-refractivity contribution in [2.24, 2.45) is 7.05 Å². The first-order valence-corrected chi connectivity index (χ1v) is 11.3. The van der Waals surface area contributed by atoms with Crippen molar-refractivity contribution in [2.45, 2.75) is 31.5 Å². The molecule has 0 radical (unpaired) electrons. The molecule has 0 aromatic carbocycles. The highest BCUT2D eigenvalue weighted by Gasteiger charge is 2.21. The predicted molar refractivity (Wildman–Crippen MR) is 123 cm³/mol. The van der Waals surface area contributed by atoms with Gasteiger partial charge in [0.05, 0.1) is 18.8 Å². The molecule has 10 heteroatoms. The Balaban J connectivity index is 1.41. The van der Waals surface area contributed by atoms with Gasteiger partial charge in [-0.05, 0) is 51.2 Å². The van der Waals surface area contributed by atoms with Crippen LogP contribution in [0.5, 0.6) is 5.88 Å². The molecule has 1 N–H and O–H groups in total. The van der Waals surface area contributed by atoms with Gasteiger partial charge in [0.25, 0.3) is 5.91 Å². The van der Waals surface area contributed by atoms with E-state index in [1.807, 2.05) is 66.6 Å². The molecular weight excluding hydrogens is 426 g/mol. The van der Waals surface area contributed by atoms with Crippen molar-refractivity contribution >= 4 is 17.9 Å². The van der Waals surface area contributed by atoms with E-state index in [1.54, 1.807) is 18.1 Å². The fraction of sp³-hybridized carbons (Fsp3) is 0.409. The largest absolute Gasteiger partial charge is 0.461 e. The molecule has 4 heterocycles. The Labute approximate surface area is 192 Å². The van der Waals surface area contributed by atoms with E-state index < -0.39 is 0 Å². The highest BCUT2D eigenvalue weighted by Crippen LogP contribution is 2.31. The van der Waals surface area contributed by atoms with Crippen LogP contribution in [-0.2, 0) is 26.7 Å². The summed E-state index contributed by atoms with van der Waals surface area (Å²) in [6.07, 6.45) is 3.53. The molecule has 170 valence electrons. The van der Waals surface area contributed by atoms with Crippen molar-refractivity contribution in [3.8, 4) is 5.88 Å². The first kappa shape index (κ1) is 22.4. The van der Waals surface area contributed by atoms with Gasteiger partial charge < -0.3 is 14.6 Å². The number of rotatable bonds is 8. The highest BCUT2D eigenvalue weighted by atomic mass is 32.2. The summed E-state index contributed by atoms with van der Waals surface area (Å²) in [6, 6.07) is 7.78. The zero-order valence-electron chi connectivity index (χ0n) is 18.9. The molecule has 1 amide bonds. The van der Waals surface area contributed by atoms with Crippen molar-refractivity contribution in [3.63, 3.8) is 0 Å². The molecule has 3 aromatic heterocycles. The number of carbonyl (C=O) groups excluding carboxylic acids is 1. The topological polar surface area (TPSA) is 80.4 Å². The van der Waals surface area contributed by atoms with Gasteiger partial charge in [-0.2, -0.15) is 5.10 Å². The summed E-state index contributed by atoms with van der Waals surface area (Å²) in [7, 11) is 5.78. The van der Waals surface area contributed by atoms with E-state index >= 15 is 0 Å². The van der Waals surface area contributed by atoms with Crippen LogP contribution in [0.2, 0.25) is 0 Å². The van der Waals surface area contributed by atoms with Crippen LogP contribution in [0, 0.1) is 6.92 Å². The van der Waals surface area contributed by atoms with E-state index in [9.17, 15) is 4.79 Å². The van der Waals surface area contributed by atoms with Gasteiger partial charge in [0.15, 0.2) is 0 Å². The standard InChI is InChI=1S/C22H29N7O2S/c1-16-20(32-28-10-11-29-18(14-28)7-9-25-29)12-19(27(16)4)21(30)24-13-17-6-5-8-23-22(17)31-15-26(2)3/h5-9,12H,10-11,13-15H2,1-4H3,(H,24,30). The fourth-order valence-electron chi connectivity index (χ4n) is 3.51. The fourth-order valence-corrected chi connectivity index (χ4v) is 4.59. The lowest BCUT2D eigenvalue weighted by Gasteiger charge is -2.26. The minimum absolute atomic E-state index is 0.124. The molecule has 32 heavy (non-hydrogen) atoms. The van der Waals surface area contributed by atoms with Crippen LogP contribution in [0.25, 0.3) is 0 Å². The summed E-state index contributed by atoms with van der Waals surface area (Å²) in [5, 5.41) is 7.35. The molecule has 0 fully saturated rings. The number of fused-ring (bicyclic) bond motifs is 1. The third-order valence-corrected chi connectivity index (χ3v) is 6.58. The van der Waals surface area contributed by atoms with Gasteiger partial charge in [-0.25, -0.2) is 9.29 Å². The number of hydrogen-bond acceptors (Lipinski definition) is 7. The van der Waals surface area contributed by atoms with Gasteiger partial charge in [0, 0.05) is 48.7 Å². The second-order valence-electron chi connectivity index (χ2n) is 8.04. The van der Waals surface area contributed by atoms with E-state index in [0.717, 1.165) is 35.8 Å². The van der Waals surface area contributed by atoms with Crippen LogP contribution in [0.15, 0.2) is 41.6 Å². The van der Waals surface area contributed by atoms with Crippen LogP contribution in [0.1, 0.15) is 27.4 Å². The van der Waals surface area contributed by atoms with E-state index in [0.29, 0.717) is 24.8 Å². The van der Waals surface area contributed by atoms with Crippen LogP contribution in [0.4, 0.5) is 0 Å². The summed E-state index contributed by atoms with van der Waals surface area (Å²) >= 11 is 1.69. The van der Waals surface area contributed by atoms with E-state index in [1.165, 1.54) is 5.69 Å². The normalized spacial score (nSPS) is 13.9. The number of nitrogens with one attached hydrogen (secondary N) is 1. The second-order valence-corrected chi connectivity index (χ2v) is 9.18. The maximum absolute atomic E-state index is 13.0. The summed E-state index contributed by atoms with van der Waals surface area (Å²) in [4.78, 5) is 20.3. The molecular formula is C22H29N7O2S. The number of pyridine rings is 1. The van der Waals surface area contributed by atoms with Crippen LogP contribution in [-0.4, -0.2) is 61.8 Å². The average molecular weight is 456 g/mol. The summed E-state index contributed by atoms with van der Waals surface area (Å²) < 4.78 is 12.0. The molecule has 1 aliphatic heterocycles. The molecule has 0 aliphatic carbocycles. The van der Waals surface area contributed by atoms with E-state index in [4.69, 9.17) is 4.74 Å². The Kier molecular flexibility index (Phi) is 6.83. The Morgan fingerprint density at radius 2 is 2.12 bits per heavy atom. The van der Waals surface area contributed by atoms with Crippen molar-refractivity contribution in [1.82, 2.24) is 33.9 Å². The number of nitrogens with zero attached hydrogens (tertiary/aromatic N) is 6. The second kappa shape index (κ2) is 9.76. The molecule has 3 aromatic rings. The molecule has 0 spiro atoms. The molecule has 4 rings (SSSR count). The van der Waals surface area contributed by atoms with Crippen LogP contribution < -0.4 is 10.1 Å². The van der Waals surface area contributed by atoms with Crippen molar-refractivity contribution in [2.75, 3.05) is 27.4 Å². The average Bonchev–Trinajstić information content (AvgIpc) is 3.36. The lowest BCUT2D eigenvalue weighted by molar-refractivity contribution is 0.0941. The molecule has 0 unspecified atom stereocenters. The molecule has 9 nitrogen and oxygen atoms in total. The van der Waals surface area contributed by atoms with Gasteiger partial charge in [-0.15, -0.1) is 0 Å². The monoisotopic (exact) mass is 455 g/mol. The summed E-state index contributed by atoms with van der Waals surface area (Å²) in [5.41, 5.74) is 3.74. The molecule has 0 bridgehead atoms. The van der Waals surface area contributed by atoms with E-state index in [2.05, 4.69) is 25.8 Å². The Bertz CT molecular complexity index is 1090. The van der Waals surface area contributed by atoms with Gasteiger partial charge in [-0.3, -0.25) is 14.4 Å². The number of carbonyl (C=O) groups is 1. The molecule has 0 saturated heterocycles. The zero-order chi connectivity index (χ0) is 22.7. The SMILES string of the molecule is Cc1c(SN2CCn3nccc3C2)cc(C(=O)NCc2cccnc2OCN(C)C)n1C. The van der Waals surface area contributed by atoms with Gasteiger partial charge in [0.1, 0.15) is 12.4 Å². The highest BCUT2D eigenvalue weighted by molar-refractivity contribution is 7.97. The lowest BCUT2D eigenvalue weighted by Crippen LogP contribution is -2.28. The minimum Gasteiger partial charge on any atom is -0.461 e. The minimum atomic E-state index is -0.124. The number of ether oxygens (including phenoxy) is 1. The summed E-state index contributed by atoms with van der Waals surface area (Å²) in [5.74, 6) is 0.409. The maximum Gasteiger partial charge on any atom is 0.268 e. The Morgan fingerprint density at radius 3 is 2.94 bits per heavy atom. The van der Waals surface area contributed by atoms with Gasteiger partial charge in [0.2, 0.25) is 5.88 Å². The quantitative estimate of drug-likeness (QED) is 0.412. The molecule has 0 saturated carbocycles. The number of amides is 1. The lowest BCUT2D eigenvalue weighted by atomic mass is 10.2. The third kappa shape index (κ3) is 4.98. The molecule has 1 aliphatic rings. The van der Waals surface area contributed by atoms with Crippen LogP contribution >= 0.6 is 11.9 Å². The number of aromatic nitrogens is 4. The van der Waals surface area contributed by atoms with E-state index in [-0.39, 0.29) is 5.91 Å². The summed E-state index contributed by atoms with van der Waals surface area (Å²) in [6.45, 7) is 5.42. The predicted octanol–water partition coefficient (Wildman–Crippen LogP) is 2.28.